The molecule has 8 heteroatoms. The number of nitrogens with zero attached hydrogens (tertiary/aromatic N) is 4. The number of anilines is 1. The van der Waals surface area contributed by atoms with E-state index in [9.17, 15) is 4.79 Å². The molecule has 0 spiro atoms. The lowest BCUT2D eigenvalue weighted by molar-refractivity contribution is -0.117. The van der Waals surface area contributed by atoms with Gasteiger partial charge in [0.25, 0.3) is 0 Å². The molecule has 1 aromatic carbocycles. The molecule has 2 N–H and O–H groups in total. The first-order valence-corrected chi connectivity index (χ1v) is 7.56. The van der Waals surface area contributed by atoms with Crippen LogP contribution < -0.4 is 10.6 Å². The fourth-order valence-electron chi connectivity index (χ4n) is 2.77. The summed E-state index contributed by atoms with van der Waals surface area (Å²) in [5.74, 6) is 1.22. The molecule has 3 rings (SSSR count). The number of amides is 1. The summed E-state index contributed by atoms with van der Waals surface area (Å²) in [5.41, 5.74) is 1.66. The number of halogens is 1. The average molecular weight is 337 g/mol. The summed E-state index contributed by atoms with van der Waals surface area (Å²) in [6.45, 7) is 2.01. The maximum absolute atomic E-state index is 12.2. The van der Waals surface area contributed by atoms with Crippen molar-refractivity contribution >= 4 is 24.0 Å². The Morgan fingerprint density at radius 3 is 2.87 bits per heavy atom. The Morgan fingerprint density at radius 2 is 2.17 bits per heavy atom. The van der Waals surface area contributed by atoms with Crippen molar-refractivity contribution in [2.24, 2.45) is 13.0 Å². The molecule has 0 unspecified atom stereocenters. The van der Waals surface area contributed by atoms with E-state index in [0.717, 1.165) is 37.2 Å². The first kappa shape index (κ1) is 17.4. The van der Waals surface area contributed by atoms with Gasteiger partial charge in [-0.2, -0.15) is 0 Å². The van der Waals surface area contributed by atoms with Crippen LogP contribution >= 0.6 is 12.4 Å². The van der Waals surface area contributed by atoms with Gasteiger partial charge in [0.05, 0.1) is 0 Å². The van der Waals surface area contributed by atoms with Crippen LogP contribution in [0, 0.1) is 5.92 Å². The van der Waals surface area contributed by atoms with Crippen molar-refractivity contribution < 1.29 is 4.79 Å². The number of hydrogen-bond acceptors (Lipinski definition) is 5. The SMILES string of the molecule is Cl.Cn1nnnc1-c1cccc(NC(=O)CC2CCNCC2)c1. The average Bonchev–Trinajstić information content (AvgIpc) is 2.94. The number of carbonyl (C=O) groups excluding carboxylic acids is 1. The number of aryl methyl sites for hydroxylation is 1. The minimum atomic E-state index is 0. The number of nitrogens with one attached hydrogen (secondary N) is 2. The Balaban J connectivity index is 0.00000192. The highest BCUT2D eigenvalue weighted by Gasteiger charge is 2.17. The molecule has 0 bridgehead atoms. The molecule has 7 nitrogen and oxygen atoms in total. The van der Waals surface area contributed by atoms with E-state index in [1.54, 1.807) is 11.7 Å². The van der Waals surface area contributed by atoms with Crippen LogP contribution in [0.5, 0.6) is 0 Å². The van der Waals surface area contributed by atoms with Crippen molar-refractivity contribution in [2.75, 3.05) is 18.4 Å². The van der Waals surface area contributed by atoms with E-state index in [0.29, 0.717) is 18.2 Å². The lowest BCUT2D eigenvalue weighted by atomic mass is 9.94. The van der Waals surface area contributed by atoms with Gasteiger partial charge in [0.15, 0.2) is 5.82 Å². The van der Waals surface area contributed by atoms with Crippen LogP contribution in [0.1, 0.15) is 19.3 Å². The highest BCUT2D eigenvalue weighted by Crippen LogP contribution is 2.21. The van der Waals surface area contributed by atoms with E-state index >= 15 is 0 Å². The highest BCUT2D eigenvalue weighted by molar-refractivity contribution is 5.91. The van der Waals surface area contributed by atoms with Gasteiger partial charge < -0.3 is 10.6 Å². The third-order valence-electron chi connectivity index (χ3n) is 3.96. The van der Waals surface area contributed by atoms with Crippen LogP contribution in [0.25, 0.3) is 11.4 Å². The molecule has 0 radical (unpaired) electrons. The van der Waals surface area contributed by atoms with Crippen LogP contribution in [0.15, 0.2) is 24.3 Å². The molecular formula is C15H21ClN6O. The first-order valence-electron chi connectivity index (χ1n) is 7.56. The minimum Gasteiger partial charge on any atom is -0.326 e. The molecular weight excluding hydrogens is 316 g/mol. The van der Waals surface area contributed by atoms with E-state index in [-0.39, 0.29) is 18.3 Å². The summed E-state index contributed by atoms with van der Waals surface area (Å²) in [6, 6.07) is 7.60. The quantitative estimate of drug-likeness (QED) is 0.886. The van der Waals surface area contributed by atoms with Gasteiger partial charge in [0, 0.05) is 24.7 Å². The molecule has 0 saturated carbocycles. The van der Waals surface area contributed by atoms with Crippen molar-refractivity contribution in [3.63, 3.8) is 0 Å². The summed E-state index contributed by atoms with van der Waals surface area (Å²) in [4.78, 5) is 12.2. The molecule has 1 aliphatic rings. The molecule has 1 fully saturated rings. The van der Waals surface area contributed by atoms with Gasteiger partial charge in [0.2, 0.25) is 5.91 Å². The largest absolute Gasteiger partial charge is 0.326 e. The lowest BCUT2D eigenvalue weighted by Crippen LogP contribution is -2.30. The number of carbonyl (C=O) groups is 1. The maximum Gasteiger partial charge on any atom is 0.224 e. The lowest BCUT2D eigenvalue weighted by Gasteiger charge is -2.21. The first-order chi connectivity index (χ1) is 10.7. The third-order valence-corrected chi connectivity index (χ3v) is 3.96. The van der Waals surface area contributed by atoms with E-state index in [2.05, 4.69) is 26.2 Å². The van der Waals surface area contributed by atoms with Crippen LogP contribution in [0.3, 0.4) is 0 Å². The highest BCUT2D eigenvalue weighted by atomic mass is 35.5. The molecule has 1 saturated heterocycles. The van der Waals surface area contributed by atoms with Gasteiger partial charge in [-0.15, -0.1) is 17.5 Å². The molecule has 2 aromatic rings. The number of aromatic nitrogens is 4. The Morgan fingerprint density at radius 1 is 1.39 bits per heavy atom. The summed E-state index contributed by atoms with van der Waals surface area (Å²) < 4.78 is 1.61. The van der Waals surface area contributed by atoms with Crippen molar-refractivity contribution in [2.45, 2.75) is 19.3 Å². The summed E-state index contributed by atoms with van der Waals surface area (Å²) >= 11 is 0. The zero-order chi connectivity index (χ0) is 15.4. The predicted molar refractivity (Wildman–Crippen MR) is 90.3 cm³/mol. The minimum absolute atomic E-state index is 0. The molecule has 124 valence electrons. The van der Waals surface area contributed by atoms with Crippen LogP contribution in [0.4, 0.5) is 5.69 Å². The number of hydrogen-bond donors (Lipinski definition) is 2. The number of tetrazole rings is 1. The molecule has 1 aliphatic heterocycles. The second kappa shape index (κ2) is 8.03. The topological polar surface area (TPSA) is 84.7 Å². The zero-order valence-corrected chi connectivity index (χ0v) is 13.8. The van der Waals surface area contributed by atoms with Crippen molar-refractivity contribution in [1.29, 1.82) is 0 Å². The molecule has 0 atom stereocenters. The van der Waals surface area contributed by atoms with E-state index < -0.39 is 0 Å². The summed E-state index contributed by atoms with van der Waals surface area (Å²) in [6.07, 6.45) is 2.72. The Bertz CT molecular complexity index is 653. The van der Waals surface area contributed by atoms with Crippen molar-refractivity contribution in [1.82, 2.24) is 25.5 Å². The van der Waals surface area contributed by atoms with Gasteiger partial charge >= 0.3 is 0 Å². The molecule has 23 heavy (non-hydrogen) atoms. The summed E-state index contributed by atoms with van der Waals surface area (Å²) in [5, 5.41) is 17.7. The fraction of sp³-hybridized carbons (Fsp3) is 0.467. The Labute approximate surface area is 141 Å². The zero-order valence-electron chi connectivity index (χ0n) is 13.0. The maximum atomic E-state index is 12.2. The number of rotatable bonds is 4. The van der Waals surface area contributed by atoms with Gasteiger partial charge in [-0.05, 0) is 54.4 Å². The number of benzene rings is 1. The fourth-order valence-corrected chi connectivity index (χ4v) is 2.77. The van der Waals surface area contributed by atoms with Gasteiger partial charge in [-0.25, -0.2) is 4.68 Å². The van der Waals surface area contributed by atoms with Gasteiger partial charge in [-0.3, -0.25) is 4.79 Å². The van der Waals surface area contributed by atoms with E-state index in [1.807, 2.05) is 24.3 Å². The normalized spacial score (nSPS) is 15.0. The van der Waals surface area contributed by atoms with Crippen LogP contribution in [-0.2, 0) is 11.8 Å². The van der Waals surface area contributed by atoms with Gasteiger partial charge in [0.1, 0.15) is 0 Å². The third kappa shape index (κ3) is 4.49. The molecule has 2 heterocycles. The van der Waals surface area contributed by atoms with Crippen molar-refractivity contribution in [3.05, 3.63) is 24.3 Å². The van der Waals surface area contributed by atoms with Crippen LogP contribution in [-0.4, -0.2) is 39.2 Å². The molecule has 1 aromatic heterocycles. The van der Waals surface area contributed by atoms with Gasteiger partial charge in [-0.1, -0.05) is 12.1 Å². The summed E-state index contributed by atoms with van der Waals surface area (Å²) in [7, 11) is 1.79. The monoisotopic (exact) mass is 336 g/mol. The smallest absolute Gasteiger partial charge is 0.224 e. The second-order valence-electron chi connectivity index (χ2n) is 5.65. The second-order valence-corrected chi connectivity index (χ2v) is 5.65. The van der Waals surface area contributed by atoms with Crippen molar-refractivity contribution in [3.8, 4) is 11.4 Å². The number of piperidine rings is 1. The van der Waals surface area contributed by atoms with Crippen LogP contribution in [0.2, 0.25) is 0 Å². The standard InChI is InChI=1S/C15H20N6O.ClH/c1-21-15(18-19-20-21)12-3-2-4-13(10-12)17-14(22)9-11-5-7-16-8-6-11;/h2-4,10-11,16H,5-9H2,1H3,(H,17,22);1H. The molecule has 0 aliphatic carbocycles. The Kier molecular flexibility index (Phi) is 6.06. The van der Waals surface area contributed by atoms with E-state index in [1.165, 1.54) is 0 Å². The predicted octanol–water partition coefficient (Wildman–Crippen LogP) is 1.63. The van der Waals surface area contributed by atoms with E-state index in [4.69, 9.17) is 0 Å². The molecule has 1 amide bonds. The Hall–Kier alpha value is -1.99.